The van der Waals surface area contributed by atoms with Gasteiger partial charge in [0.2, 0.25) is 5.91 Å². The first kappa shape index (κ1) is 14.1. The fourth-order valence-electron chi connectivity index (χ4n) is 2.65. The fourth-order valence-corrected chi connectivity index (χ4v) is 2.65. The highest BCUT2D eigenvalue weighted by atomic mass is 16.2. The van der Waals surface area contributed by atoms with Gasteiger partial charge in [0.25, 0.3) is 0 Å². The summed E-state index contributed by atoms with van der Waals surface area (Å²) in [6.07, 6.45) is 5.33. The van der Waals surface area contributed by atoms with Gasteiger partial charge in [-0.15, -0.1) is 0 Å². The molecular weight excluding hydrogens is 234 g/mol. The van der Waals surface area contributed by atoms with Crippen LogP contribution in [0.15, 0.2) is 24.3 Å². The summed E-state index contributed by atoms with van der Waals surface area (Å²) >= 11 is 0. The third kappa shape index (κ3) is 4.09. The van der Waals surface area contributed by atoms with Gasteiger partial charge in [0, 0.05) is 13.1 Å². The number of nitrogens with zero attached hydrogens (tertiary/aromatic N) is 1. The Morgan fingerprint density at radius 1 is 1.26 bits per heavy atom. The predicted molar refractivity (Wildman–Crippen MR) is 79.1 cm³/mol. The molecule has 0 spiro atoms. The van der Waals surface area contributed by atoms with Crippen LogP contribution >= 0.6 is 0 Å². The van der Waals surface area contributed by atoms with Crippen molar-refractivity contribution in [2.75, 3.05) is 13.1 Å². The van der Waals surface area contributed by atoms with Gasteiger partial charge in [-0.05, 0) is 36.3 Å². The minimum absolute atomic E-state index is 0.283. The van der Waals surface area contributed by atoms with Crippen molar-refractivity contribution in [1.82, 2.24) is 4.90 Å². The molecule has 1 saturated heterocycles. The van der Waals surface area contributed by atoms with E-state index < -0.39 is 0 Å². The van der Waals surface area contributed by atoms with Gasteiger partial charge in [0.1, 0.15) is 0 Å². The number of likely N-dealkylation sites (tertiary alicyclic amines) is 1. The summed E-state index contributed by atoms with van der Waals surface area (Å²) in [5.74, 6) is 0.950. The molecule has 1 unspecified atom stereocenters. The molecule has 1 aliphatic rings. The quantitative estimate of drug-likeness (QED) is 0.793. The third-order valence-electron chi connectivity index (χ3n) is 3.97. The average Bonchev–Trinajstić information content (AvgIpc) is 2.85. The lowest BCUT2D eigenvalue weighted by atomic mass is 10.0. The number of hydrogen-bond acceptors (Lipinski definition) is 1. The molecule has 0 saturated carbocycles. The van der Waals surface area contributed by atoms with Crippen molar-refractivity contribution in [3.8, 4) is 0 Å². The van der Waals surface area contributed by atoms with Crippen molar-refractivity contribution >= 4 is 5.91 Å². The SMILES string of the molecule is CCCCc1ccc(CC(=O)N2CCC(C)C2)cc1. The molecule has 19 heavy (non-hydrogen) atoms. The normalized spacial score (nSPS) is 18.8. The Morgan fingerprint density at radius 3 is 2.53 bits per heavy atom. The first-order valence-corrected chi connectivity index (χ1v) is 7.54. The largest absolute Gasteiger partial charge is 0.342 e. The number of benzene rings is 1. The van der Waals surface area contributed by atoms with E-state index in [1.807, 2.05) is 4.90 Å². The molecule has 0 aliphatic carbocycles. The van der Waals surface area contributed by atoms with Crippen LogP contribution in [0.25, 0.3) is 0 Å². The zero-order valence-electron chi connectivity index (χ0n) is 12.2. The predicted octanol–water partition coefficient (Wildman–Crippen LogP) is 3.44. The highest BCUT2D eigenvalue weighted by Gasteiger charge is 2.22. The van der Waals surface area contributed by atoms with E-state index in [1.165, 1.54) is 18.4 Å². The Labute approximate surface area is 116 Å². The molecular formula is C17H25NO. The first-order valence-electron chi connectivity index (χ1n) is 7.54. The molecule has 2 heteroatoms. The van der Waals surface area contributed by atoms with Crippen LogP contribution in [0, 0.1) is 5.92 Å². The second kappa shape index (κ2) is 6.74. The fraction of sp³-hybridized carbons (Fsp3) is 0.588. The maximum Gasteiger partial charge on any atom is 0.226 e. The number of rotatable bonds is 5. The van der Waals surface area contributed by atoms with E-state index in [9.17, 15) is 4.79 Å². The number of carbonyl (C=O) groups excluding carboxylic acids is 1. The standard InChI is InChI=1S/C17H25NO/c1-3-4-5-15-6-8-16(9-7-15)12-17(19)18-11-10-14(2)13-18/h6-9,14H,3-5,10-13H2,1-2H3. The van der Waals surface area contributed by atoms with Crippen LogP contribution in [0.1, 0.15) is 44.2 Å². The summed E-state index contributed by atoms with van der Waals surface area (Å²) in [5.41, 5.74) is 2.53. The Kier molecular flexibility index (Phi) is 5.00. The number of amides is 1. The maximum absolute atomic E-state index is 12.1. The van der Waals surface area contributed by atoms with Gasteiger partial charge in [-0.3, -0.25) is 4.79 Å². The summed E-state index contributed by atoms with van der Waals surface area (Å²) in [4.78, 5) is 14.2. The minimum Gasteiger partial charge on any atom is -0.342 e. The summed E-state index contributed by atoms with van der Waals surface area (Å²) in [7, 11) is 0. The van der Waals surface area contributed by atoms with Crippen LogP contribution < -0.4 is 0 Å². The first-order chi connectivity index (χ1) is 9.19. The van der Waals surface area contributed by atoms with Crippen molar-refractivity contribution in [2.24, 2.45) is 5.92 Å². The van der Waals surface area contributed by atoms with Gasteiger partial charge in [0.15, 0.2) is 0 Å². The van der Waals surface area contributed by atoms with Crippen LogP contribution in [-0.2, 0) is 17.6 Å². The molecule has 1 aromatic carbocycles. The van der Waals surface area contributed by atoms with Crippen LogP contribution in [0.5, 0.6) is 0 Å². The van der Waals surface area contributed by atoms with Gasteiger partial charge in [-0.25, -0.2) is 0 Å². The molecule has 0 radical (unpaired) electrons. The molecule has 1 heterocycles. The molecule has 1 aromatic rings. The van der Waals surface area contributed by atoms with Crippen LogP contribution in [0.3, 0.4) is 0 Å². The Morgan fingerprint density at radius 2 is 1.95 bits per heavy atom. The van der Waals surface area contributed by atoms with Gasteiger partial charge in [0.05, 0.1) is 6.42 Å². The molecule has 2 rings (SSSR count). The number of hydrogen-bond donors (Lipinski definition) is 0. The molecule has 0 bridgehead atoms. The Balaban J connectivity index is 1.87. The zero-order chi connectivity index (χ0) is 13.7. The zero-order valence-corrected chi connectivity index (χ0v) is 12.2. The van der Waals surface area contributed by atoms with E-state index in [4.69, 9.17) is 0 Å². The van der Waals surface area contributed by atoms with E-state index in [0.717, 1.165) is 31.5 Å². The second-order valence-electron chi connectivity index (χ2n) is 5.83. The van der Waals surface area contributed by atoms with E-state index in [2.05, 4.69) is 38.1 Å². The summed E-state index contributed by atoms with van der Waals surface area (Å²) in [6.45, 7) is 6.31. The maximum atomic E-state index is 12.1. The van der Waals surface area contributed by atoms with E-state index in [0.29, 0.717) is 12.3 Å². The molecule has 104 valence electrons. The van der Waals surface area contributed by atoms with Crippen molar-refractivity contribution in [3.63, 3.8) is 0 Å². The smallest absolute Gasteiger partial charge is 0.226 e. The summed E-state index contributed by atoms with van der Waals surface area (Å²) in [5, 5.41) is 0. The van der Waals surface area contributed by atoms with Gasteiger partial charge < -0.3 is 4.90 Å². The molecule has 0 aromatic heterocycles. The van der Waals surface area contributed by atoms with Crippen molar-refractivity contribution in [2.45, 2.75) is 46.0 Å². The Hall–Kier alpha value is -1.31. The lowest BCUT2D eigenvalue weighted by Crippen LogP contribution is -2.29. The highest BCUT2D eigenvalue weighted by molar-refractivity contribution is 5.79. The lowest BCUT2D eigenvalue weighted by Gasteiger charge is -2.15. The van der Waals surface area contributed by atoms with E-state index >= 15 is 0 Å². The number of aryl methyl sites for hydroxylation is 1. The van der Waals surface area contributed by atoms with Crippen molar-refractivity contribution < 1.29 is 4.79 Å². The average molecular weight is 259 g/mol. The Bertz CT molecular complexity index is 410. The highest BCUT2D eigenvalue weighted by Crippen LogP contribution is 2.16. The van der Waals surface area contributed by atoms with Gasteiger partial charge in [-0.1, -0.05) is 44.5 Å². The molecule has 1 amide bonds. The molecule has 1 aliphatic heterocycles. The molecule has 1 fully saturated rings. The number of unbranched alkanes of at least 4 members (excludes halogenated alkanes) is 1. The van der Waals surface area contributed by atoms with Gasteiger partial charge >= 0.3 is 0 Å². The monoisotopic (exact) mass is 259 g/mol. The summed E-state index contributed by atoms with van der Waals surface area (Å²) < 4.78 is 0. The van der Waals surface area contributed by atoms with E-state index in [-0.39, 0.29) is 5.91 Å². The van der Waals surface area contributed by atoms with Crippen molar-refractivity contribution in [1.29, 1.82) is 0 Å². The van der Waals surface area contributed by atoms with Crippen LogP contribution in [-0.4, -0.2) is 23.9 Å². The van der Waals surface area contributed by atoms with Crippen molar-refractivity contribution in [3.05, 3.63) is 35.4 Å². The lowest BCUT2D eigenvalue weighted by molar-refractivity contribution is -0.129. The minimum atomic E-state index is 0.283. The molecule has 1 atom stereocenters. The van der Waals surface area contributed by atoms with Gasteiger partial charge in [-0.2, -0.15) is 0 Å². The van der Waals surface area contributed by atoms with Crippen LogP contribution in [0.4, 0.5) is 0 Å². The molecule has 2 nitrogen and oxygen atoms in total. The third-order valence-corrected chi connectivity index (χ3v) is 3.97. The topological polar surface area (TPSA) is 20.3 Å². The summed E-state index contributed by atoms with van der Waals surface area (Å²) in [6, 6.07) is 8.57. The van der Waals surface area contributed by atoms with E-state index in [1.54, 1.807) is 0 Å². The number of carbonyl (C=O) groups is 1. The second-order valence-corrected chi connectivity index (χ2v) is 5.83. The molecule has 0 N–H and O–H groups in total. The van der Waals surface area contributed by atoms with Crippen LogP contribution in [0.2, 0.25) is 0 Å².